The number of nitrogens with zero attached hydrogens (tertiary/aromatic N) is 2. The number of nitrogens with two attached hydrogens (primary N) is 1. The summed E-state index contributed by atoms with van der Waals surface area (Å²) in [5.74, 6) is 1.33. The van der Waals surface area contributed by atoms with Gasteiger partial charge in [-0.25, -0.2) is 4.98 Å². The van der Waals surface area contributed by atoms with E-state index in [1.54, 1.807) is 13.2 Å². The van der Waals surface area contributed by atoms with Crippen LogP contribution in [0.1, 0.15) is 18.1 Å². The first-order valence-corrected chi connectivity index (χ1v) is 6.18. The monoisotopic (exact) mass is 269 g/mol. The minimum Gasteiger partial charge on any atom is -0.493 e. The highest BCUT2D eigenvalue weighted by molar-refractivity contribution is 5.51. The van der Waals surface area contributed by atoms with Gasteiger partial charge in [0, 0.05) is 0 Å². The largest absolute Gasteiger partial charge is 0.493 e. The number of methoxy groups -OCH3 is 1. The molecule has 1 heterocycles. The zero-order valence-electron chi connectivity index (χ0n) is 11.4. The predicted molar refractivity (Wildman–Crippen MR) is 75.8 cm³/mol. The van der Waals surface area contributed by atoms with Gasteiger partial charge in [-0.2, -0.15) is 5.26 Å². The van der Waals surface area contributed by atoms with E-state index >= 15 is 0 Å². The quantitative estimate of drug-likeness (QED) is 0.922. The van der Waals surface area contributed by atoms with E-state index in [9.17, 15) is 0 Å². The van der Waals surface area contributed by atoms with Crippen LogP contribution in [-0.2, 0) is 6.42 Å². The summed E-state index contributed by atoms with van der Waals surface area (Å²) in [6, 6.07) is 9.18. The Balaban J connectivity index is 2.37. The first kappa shape index (κ1) is 13.7. The molecule has 20 heavy (non-hydrogen) atoms. The van der Waals surface area contributed by atoms with E-state index in [1.807, 2.05) is 18.2 Å². The zero-order chi connectivity index (χ0) is 14.5. The summed E-state index contributed by atoms with van der Waals surface area (Å²) in [6.07, 6.45) is 2.35. The van der Waals surface area contributed by atoms with Gasteiger partial charge in [0.2, 0.25) is 5.88 Å². The van der Waals surface area contributed by atoms with Crippen molar-refractivity contribution in [1.29, 1.82) is 5.26 Å². The molecule has 0 radical (unpaired) electrons. The molecule has 0 aliphatic rings. The second kappa shape index (κ2) is 5.93. The Bertz CT molecular complexity index is 663. The summed E-state index contributed by atoms with van der Waals surface area (Å²) in [7, 11) is 1.57. The summed E-state index contributed by atoms with van der Waals surface area (Å²) >= 11 is 0. The van der Waals surface area contributed by atoms with E-state index in [1.165, 1.54) is 12.3 Å². The number of ether oxygens (including phenoxy) is 2. The van der Waals surface area contributed by atoms with Crippen LogP contribution in [0.15, 0.2) is 30.5 Å². The summed E-state index contributed by atoms with van der Waals surface area (Å²) in [5, 5.41) is 9.07. The molecule has 0 fully saturated rings. The van der Waals surface area contributed by atoms with Gasteiger partial charge in [0.05, 0.1) is 19.0 Å². The van der Waals surface area contributed by atoms with Crippen LogP contribution in [0.4, 0.5) is 5.69 Å². The lowest BCUT2D eigenvalue weighted by Gasteiger charge is -2.11. The molecule has 1 aromatic carbocycles. The van der Waals surface area contributed by atoms with Crippen LogP contribution in [0.25, 0.3) is 0 Å². The fourth-order valence-corrected chi connectivity index (χ4v) is 1.75. The third-order valence-corrected chi connectivity index (χ3v) is 2.84. The summed E-state index contributed by atoms with van der Waals surface area (Å²) in [6.45, 7) is 2.06. The van der Waals surface area contributed by atoms with Gasteiger partial charge in [0.15, 0.2) is 11.5 Å². The number of pyridine rings is 1. The highest BCUT2D eigenvalue weighted by Crippen LogP contribution is 2.33. The number of nitrogen functional groups attached to an aromatic ring is 1. The fourth-order valence-electron chi connectivity index (χ4n) is 1.75. The Kier molecular flexibility index (Phi) is 4.06. The van der Waals surface area contributed by atoms with Gasteiger partial charge >= 0.3 is 0 Å². The van der Waals surface area contributed by atoms with Crippen LogP contribution in [0.3, 0.4) is 0 Å². The number of benzene rings is 1. The lowest BCUT2D eigenvalue weighted by atomic mass is 10.1. The summed E-state index contributed by atoms with van der Waals surface area (Å²) < 4.78 is 11.0. The molecule has 2 N–H and O–H groups in total. The predicted octanol–water partition coefficient (Wildman–Crippen LogP) is 2.90. The van der Waals surface area contributed by atoms with Crippen LogP contribution >= 0.6 is 0 Å². The maximum absolute atomic E-state index is 9.07. The number of aromatic nitrogens is 1. The molecule has 0 atom stereocenters. The van der Waals surface area contributed by atoms with Crippen LogP contribution in [-0.4, -0.2) is 12.1 Å². The van der Waals surface area contributed by atoms with Gasteiger partial charge in [-0.3, -0.25) is 0 Å². The van der Waals surface area contributed by atoms with E-state index in [0.717, 1.165) is 12.0 Å². The van der Waals surface area contributed by atoms with Crippen molar-refractivity contribution in [3.05, 3.63) is 41.6 Å². The van der Waals surface area contributed by atoms with Gasteiger partial charge in [-0.15, -0.1) is 0 Å². The van der Waals surface area contributed by atoms with E-state index in [-0.39, 0.29) is 11.4 Å². The van der Waals surface area contributed by atoms with E-state index < -0.39 is 0 Å². The molecule has 102 valence electrons. The molecule has 5 heteroatoms. The van der Waals surface area contributed by atoms with Crippen molar-refractivity contribution >= 4 is 5.69 Å². The number of rotatable bonds is 4. The molecule has 2 rings (SSSR count). The lowest BCUT2D eigenvalue weighted by Crippen LogP contribution is -1.97. The van der Waals surface area contributed by atoms with E-state index in [0.29, 0.717) is 17.2 Å². The molecule has 2 aromatic rings. The molecule has 0 amide bonds. The smallest absolute Gasteiger partial charge is 0.237 e. The van der Waals surface area contributed by atoms with E-state index in [2.05, 4.69) is 11.9 Å². The number of nitriles is 1. The van der Waals surface area contributed by atoms with Gasteiger partial charge in [0.1, 0.15) is 11.6 Å². The average molecular weight is 269 g/mol. The second-order valence-electron chi connectivity index (χ2n) is 4.17. The first-order valence-electron chi connectivity index (χ1n) is 6.18. The minimum absolute atomic E-state index is 0.212. The van der Waals surface area contributed by atoms with Crippen molar-refractivity contribution in [2.45, 2.75) is 13.3 Å². The van der Waals surface area contributed by atoms with Crippen LogP contribution in [0, 0.1) is 11.3 Å². The number of anilines is 1. The average Bonchev–Trinajstić information content (AvgIpc) is 2.49. The molecule has 0 saturated carbocycles. The first-order chi connectivity index (χ1) is 9.67. The third kappa shape index (κ3) is 2.81. The fraction of sp³-hybridized carbons (Fsp3) is 0.200. The Hall–Kier alpha value is -2.74. The Morgan fingerprint density at radius 2 is 2.10 bits per heavy atom. The molecule has 0 spiro atoms. The molecule has 0 aliphatic heterocycles. The Morgan fingerprint density at radius 3 is 2.75 bits per heavy atom. The van der Waals surface area contributed by atoms with E-state index in [4.69, 9.17) is 20.5 Å². The van der Waals surface area contributed by atoms with Gasteiger partial charge in [-0.1, -0.05) is 13.0 Å². The maximum atomic E-state index is 9.07. The normalized spacial score (nSPS) is 9.85. The molecule has 0 saturated heterocycles. The molecule has 0 unspecified atom stereocenters. The number of aryl methyl sites for hydroxylation is 1. The summed E-state index contributed by atoms with van der Waals surface area (Å²) in [4.78, 5) is 4.04. The molecular weight excluding hydrogens is 254 g/mol. The van der Waals surface area contributed by atoms with Gasteiger partial charge in [0.25, 0.3) is 0 Å². The third-order valence-electron chi connectivity index (χ3n) is 2.84. The zero-order valence-corrected chi connectivity index (χ0v) is 11.4. The van der Waals surface area contributed by atoms with Crippen molar-refractivity contribution in [3.63, 3.8) is 0 Å². The minimum atomic E-state index is 0.212. The van der Waals surface area contributed by atoms with Crippen LogP contribution in [0.5, 0.6) is 17.4 Å². The molecule has 1 aromatic heterocycles. The van der Waals surface area contributed by atoms with Gasteiger partial charge < -0.3 is 15.2 Å². The van der Waals surface area contributed by atoms with Crippen molar-refractivity contribution < 1.29 is 9.47 Å². The second-order valence-corrected chi connectivity index (χ2v) is 4.17. The molecule has 0 aliphatic carbocycles. The standard InChI is InChI=1S/C15H15N3O2/c1-3-10-4-5-13(14(6-10)19-2)20-15-11(8-16)7-12(17)9-18-15/h4-7,9H,3,17H2,1-2H3. The van der Waals surface area contributed by atoms with Crippen molar-refractivity contribution in [1.82, 2.24) is 4.98 Å². The highest BCUT2D eigenvalue weighted by atomic mass is 16.5. The Morgan fingerprint density at radius 1 is 1.30 bits per heavy atom. The van der Waals surface area contributed by atoms with Crippen LogP contribution < -0.4 is 15.2 Å². The van der Waals surface area contributed by atoms with Crippen molar-refractivity contribution in [3.8, 4) is 23.4 Å². The van der Waals surface area contributed by atoms with Crippen LogP contribution in [0.2, 0.25) is 0 Å². The maximum Gasteiger partial charge on any atom is 0.237 e. The number of hydrogen-bond acceptors (Lipinski definition) is 5. The van der Waals surface area contributed by atoms with Gasteiger partial charge in [-0.05, 0) is 30.2 Å². The summed E-state index contributed by atoms with van der Waals surface area (Å²) in [5.41, 5.74) is 7.44. The number of hydrogen-bond donors (Lipinski definition) is 1. The molecule has 5 nitrogen and oxygen atoms in total. The van der Waals surface area contributed by atoms with Crippen molar-refractivity contribution in [2.24, 2.45) is 0 Å². The molecular formula is C15H15N3O2. The highest BCUT2D eigenvalue weighted by Gasteiger charge is 2.11. The lowest BCUT2D eigenvalue weighted by molar-refractivity contribution is 0.373. The Labute approximate surface area is 117 Å². The van der Waals surface area contributed by atoms with Crippen molar-refractivity contribution in [2.75, 3.05) is 12.8 Å². The SMILES string of the molecule is CCc1ccc(Oc2ncc(N)cc2C#N)c(OC)c1. The topological polar surface area (TPSA) is 81.2 Å². The molecule has 0 bridgehead atoms.